The summed E-state index contributed by atoms with van der Waals surface area (Å²) in [7, 11) is 0. The molecule has 0 saturated heterocycles. The molecule has 0 spiro atoms. The van der Waals surface area contributed by atoms with Crippen molar-refractivity contribution in [2.24, 2.45) is 0 Å². The minimum absolute atomic E-state index is 0.0946. The van der Waals surface area contributed by atoms with E-state index in [9.17, 15) is 4.39 Å². The van der Waals surface area contributed by atoms with Gasteiger partial charge in [-0.25, -0.2) is 4.39 Å². The van der Waals surface area contributed by atoms with Crippen molar-refractivity contribution < 1.29 is 9.50 Å². The van der Waals surface area contributed by atoms with Crippen LogP contribution in [0.5, 0.6) is 5.75 Å². The number of hydrogen-bond donors (Lipinski definition) is 1. The van der Waals surface area contributed by atoms with Gasteiger partial charge < -0.3 is 5.11 Å². The Hall–Kier alpha value is -1.08. The lowest BCUT2D eigenvalue weighted by Crippen LogP contribution is -1.84. The summed E-state index contributed by atoms with van der Waals surface area (Å²) < 4.78 is 13.0. The summed E-state index contributed by atoms with van der Waals surface area (Å²) in [6.07, 6.45) is 0. The number of phenolic OH excluding ortho intramolecular Hbond substituents is 1. The van der Waals surface area contributed by atoms with Crippen LogP contribution in [0.4, 0.5) is 4.39 Å². The Morgan fingerprint density at radius 2 is 2.18 bits per heavy atom. The van der Waals surface area contributed by atoms with Gasteiger partial charge in [-0.1, -0.05) is 0 Å². The fourth-order valence-corrected chi connectivity index (χ4v) is 1.18. The summed E-state index contributed by atoms with van der Waals surface area (Å²) in [6, 6.07) is 3.82. The zero-order valence-corrected chi connectivity index (χ0v) is 6.89. The van der Waals surface area contributed by atoms with Crippen molar-refractivity contribution in [1.29, 1.82) is 5.26 Å². The van der Waals surface area contributed by atoms with E-state index in [-0.39, 0.29) is 15.8 Å². The molecule has 0 saturated carbocycles. The van der Waals surface area contributed by atoms with Crippen LogP contribution in [0.15, 0.2) is 16.6 Å². The van der Waals surface area contributed by atoms with Crippen molar-refractivity contribution in [3.8, 4) is 11.8 Å². The number of rotatable bonds is 0. The molecular formula is C7H3BrFNO. The fraction of sp³-hybridized carbons (Fsp3) is 0. The molecule has 1 aromatic carbocycles. The first-order chi connectivity index (χ1) is 5.15. The molecule has 0 aromatic heterocycles. The average Bonchev–Trinajstić information content (AvgIpc) is 1.85. The van der Waals surface area contributed by atoms with Crippen LogP contribution >= 0.6 is 15.9 Å². The fourth-order valence-electron chi connectivity index (χ4n) is 0.667. The van der Waals surface area contributed by atoms with Crippen molar-refractivity contribution >= 4 is 15.9 Å². The number of benzene rings is 1. The quantitative estimate of drug-likeness (QED) is 0.722. The number of hydrogen-bond acceptors (Lipinski definition) is 2. The molecule has 0 heterocycles. The van der Waals surface area contributed by atoms with Crippen molar-refractivity contribution in [3.05, 3.63) is 28.0 Å². The molecule has 0 aliphatic rings. The van der Waals surface area contributed by atoms with Gasteiger partial charge in [0.15, 0.2) is 0 Å². The first-order valence-corrected chi connectivity index (χ1v) is 3.52. The summed E-state index contributed by atoms with van der Waals surface area (Å²) in [5.41, 5.74) is -0.0946. The molecule has 0 atom stereocenters. The van der Waals surface area contributed by atoms with E-state index in [2.05, 4.69) is 15.9 Å². The molecule has 11 heavy (non-hydrogen) atoms. The van der Waals surface area contributed by atoms with Gasteiger partial charge in [-0.2, -0.15) is 5.26 Å². The number of phenols is 1. The van der Waals surface area contributed by atoms with E-state index in [0.717, 1.165) is 6.07 Å². The van der Waals surface area contributed by atoms with Gasteiger partial charge in [0.2, 0.25) is 0 Å². The zero-order valence-electron chi connectivity index (χ0n) is 5.31. The van der Waals surface area contributed by atoms with Crippen LogP contribution in [-0.2, 0) is 0 Å². The van der Waals surface area contributed by atoms with Crippen LogP contribution in [-0.4, -0.2) is 5.11 Å². The van der Waals surface area contributed by atoms with Gasteiger partial charge in [0.05, 0.1) is 0 Å². The molecule has 0 aliphatic heterocycles. The second kappa shape index (κ2) is 2.89. The molecular weight excluding hydrogens is 213 g/mol. The van der Waals surface area contributed by atoms with Gasteiger partial charge in [-0.05, 0) is 22.0 Å². The molecule has 0 fully saturated rings. The Balaban J connectivity index is 3.40. The van der Waals surface area contributed by atoms with Crippen LogP contribution < -0.4 is 0 Å². The Labute approximate surface area is 71.0 Å². The van der Waals surface area contributed by atoms with Crippen LogP contribution in [0, 0.1) is 17.1 Å². The lowest BCUT2D eigenvalue weighted by atomic mass is 10.2. The maximum absolute atomic E-state index is 12.7. The number of nitriles is 1. The van der Waals surface area contributed by atoms with Gasteiger partial charge in [0.1, 0.15) is 23.2 Å². The molecule has 0 unspecified atom stereocenters. The SMILES string of the molecule is N#Cc1c(F)cc(O)cc1Br. The standard InChI is InChI=1S/C7H3BrFNO/c8-6-1-4(11)2-7(9)5(6)3-10/h1-2,11H. The van der Waals surface area contributed by atoms with Crippen LogP contribution in [0.1, 0.15) is 5.56 Å². The van der Waals surface area contributed by atoms with Crippen molar-refractivity contribution in [1.82, 2.24) is 0 Å². The highest BCUT2D eigenvalue weighted by molar-refractivity contribution is 9.10. The highest BCUT2D eigenvalue weighted by atomic mass is 79.9. The maximum Gasteiger partial charge on any atom is 0.145 e. The van der Waals surface area contributed by atoms with E-state index >= 15 is 0 Å². The third-order valence-electron chi connectivity index (χ3n) is 1.14. The average molecular weight is 216 g/mol. The lowest BCUT2D eigenvalue weighted by Gasteiger charge is -1.97. The number of halogens is 2. The van der Waals surface area contributed by atoms with E-state index in [1.165, 1.54) is 6.07 Å². The van der Waals surface area contributed by atoms with Crippen molar-refractivity contribution in [3.63, 3.8) is 0 Å². The van der Waals surface area contributed by atoms with E-state index in [0.29, 0.717) is 0 Å². The van der Waals surface area contributed by atoms with E-state index in [4.69, 9.17) is 10.4 Å². The Morgan fingerprint density at radius 3 is 2.64 bits per heavy atom. The molecule has 0 amide bonds. The van der Waals surface area contributed by atoms with Gasteiger partial charge in [0.25, 0.3) is 0 Å². The second-order valence-corrected chi connectivity index (χ2v) is 2.75. The zero-order chi connectivity index (χ0) is 8.43. The van der Waals surface area contributed by atoms with Crippen molar-refractivity contribution in [2.45, 2.75) is 0 Å². The van der Waals surface area contributed by atoms with Gasteiger partial charge >= 0.3 is 0 Å². The monoisotopic (exact) mass is 215 g/mol. The molecule has 0 aliphatic carbocycles. The van der Waals surface area contributed by atoms with Gasteiger partial charge in [-0.15, -0.1) is 0 Å². The Bertz CT molecular complexity index is 309. The highest BCUT2D eigenvalue weighted by Crippen LogP contribution is 2.24. The largest absolute Gasteiger partial charge is 0.508 e. The van der Waals surface area contributed by atoms with E-state index in [1.807, 2.05) is 0 Å². The molecule has 2 nitrogen and oxygen atoms in total. The van der Waals surface area contributed by atoms with Crippen LogP contribution in [0.25, 0.3) is 0 Å². The first kappa shape index (κ1) is 8.02. The topological polar surface area (TPSA) is 44.0 Å². The molecule has 1 rings (SSSR count). The van der Waals surface area contributed by atoms with Gasteiger partial charge in [0, 0.05) is 10.5 Å². The number of aromatic hydroxyl groups is 1. The predicted octanol–water partition coefficient (Wildman–Crippen LogP) is 2.17. The smallest absolute Gasteiger partial charge is 0.145 e. The van der Waals surface area contributed by atoms with Crippen LogP contribution in [0.3, 0.4) is 0 Å². The summed E-state index contributed by atoms with van der Waals surface area (Å²) in [5, 5.41) is 17.2. The summed E-state index contributed by atoms with van der Waals surface area (Å²) in [4.78, 5) is 0. The molecule has 56 valence electrons. The lowest BCUT2D eigenvalue weighted by molar-refractivity contribution is 0.468. The van der Waals surface area contributed by atoms with E-state index < -0.39 is 5.82 Å². The second-order valence-electron chi connectivity index (χ2n) is 1.90. The predicted molar refractivity (Wildman–Crippen MR) is 40.5 cm³/mol. The van der Waals surface area contributed by atoms with Crippen molar-refractivity contribution in [2.75, 3.05) is 0 Å². The third-order valence-corrected chi connectivity index (χ3v) is 1.76. The Kier molecular flexibility index (Phi) is 2.11. The molecule has 4 heteroatoms. The molecule has 1 N–H and O–H groups in total. The Morgan fingerprint density at radius 1 is 1.55 bits per heavy atom. The summed E-state index contributed by atoms with van der Waals surface area (Å²) in [5.74, 6) is -0.923. The number of nitrogens with zero attached hydrogens (tertiary/aromatic N) is 1. The van der Waals surface area contributed by atoms with Gasteiger partial charge in [-0.3, -0.25) is 0 Å². The molecule has 0 bridgehead atoms. The third kappa shape index (κ3) is 1.49. The minimum Gasteiger partial charge on any atom is -0.508 e. The summed E-state index contributed by atoms with van der Waals surface area (Å²) in [6.45, 7) is 0. The highest BCUT2D eigenvalue weighted by Gasteiger charge is 2.07. The van der Waals surface area contributed by atoms with E-state index in [1.54, 1.807) is 6.07 Å². The molecule has 1 aromatic rings. The maximum atomic E-state index is 12.7. The van der Waals surface area contributed by atoms with Crippen LogP contribution in [0.2, 0.25) is 0 Å². The normalized spacial score (nSPS) is 9.18. The summed E-state index contributed by atoms with van der Waals surface area (Å²) >= 11 is 2.94. The first-order valence-electron chi connectivity index (χ1n) is 2.73. The molecule has 0 radical (unpaired) electrons. The minimum atomic E-state index is -0.723.